The molecule has 1 fully saturated rings. The summed E-state index contributed by atoms with van der Waals surface area (Å²) in [6.07, 6.45) is 5.68. The Hall–Kier alpha value is -0.370. The molecule has 0 radical (unpaired) electrons. The second kappa shape index (κ2) is 2.70. The molecule has 0 amide bonds. The van der Waals surface area contributed by atoms with Gasteiger partial charge in [0.2, 0.25) is 0 Å². The Morgan fingerprint density at radius 2 is 2.30 bits per heavy atom. The monoisotopic (exact) mass is 140 g/mol. The molecule has 2 heteroatoms. The minimum atomic E-state index is -0.157. The standard InChI is InChI=1S/C8H16N2/c1-8(9,6-10-2)5-7-3-4-7/h6-7H,3-5,9H2,1-2H3/b10-6+. The molecule has 1 saturated carbocycles. The average Bonchev–Trinajstić information content (AvgIpc) is 2.48. The first-order valence-electron chi connectivity index (χ1n) is 3.86. The predicted octanol–water partition coefficient (Wildman–Crippen LogP) is 1.20. The van der Waals surface area contributed by atoms with Gasteiger partial charge in [0.1, 0.15) is 0 Å². The van der Waals surface area contributed by atoms with Gasteiger partial charge in [0.25, 0.3) is 0 Å². The lowest BCUT2D eigenvalue weighted by molar-refractivity contribution is 0.536. The van der Waals surface area contributed by atoms with E-state index < -0.39 is 0 Å². The van der Waals surface area contributed by atoms with Crippen molar-refractivity contribution in [2.24, 2.45) is 16.6 Å². The van der Waals surface area contributed by atoms with Gasteiger partial charge >= 0.3 is 0 Å². The third kappa shape index (κ3) is 2.48. The number of aliphatic imine (C=N–C) groups is 1. The van der Waals surface area contributed by atoms with Crippen molar-refractivity contribution in [3.05, 3.63) is 0 Å². The second-order valence-electron chi connectivity index (χ2n) is 3.54. The van der Waals surface area contributed by atoms with E-state index in [0.29, 0.717) is 0 Å². The number of hydrogen-bond donors (Lipinski definition) is 1. The number of hydrogen-bond acceptors (Lipinski definition) is 2. The van der Waals surface area contributed by atoms with Crippen LogP contribution in [0.5, 0.6) is 0 Å². The van der Waals surface area contributed by atoms with Crippen molar-refractivity contribution in [3.8, 4) is 0 Å². The van der Waals surface area contributed by atoms with Crippen molar-refractivity contribution >= 4 is 6.21 Å². The maximum atomic E-state index is 5.92. The van der Waals surface area contributed by atoms with Crippen LogP contribution in [0.25, 0.3) is 0 Å². The zero-order valence-corrected chi connectivity index (χ0v) is 6.80. The molecule has 10 heavy (non-hydrogen) atoms. The minimum Gasteiger partial charge on any atom is -0.321 e. The van der Waals surface area contributed by atoms with E-state index in [1.54, 1.807) is 7.05 Å². The fraction of sp³-hybridized carbons (Fsp3) is 0.875. The van der Waals surface area contributed by atoms with Gasteiger partial charge in [-0.25, -0.2) is 0 Å². The van der Waals surface area contributed by atoms with Gasteiger partial charge in [-0.3, -0.25) is 4.99 Å². The van der Waals surface area contributed by atoms with Gasteiger partial charge in [0.15, 0.2) is 0 Å². The van der Waals surface area contributed by atoms with Crippen LogP contribution in [-0.4, -0.2) is 18.8 Å². The van der Waals surface area contributed by atoms with E-state index in [2.05, 4.69) is 4.99 Å². The van der Waals surface area contributed by atoms with E-state index in [-0.39, 0.29) is 5.54 Å². The normalized spacial score (nSPS) is 25.1. The summed E-state index contributed by atoms with van der Waals surface area (Å²) in [5.74, 6) is 0.882. The van der Waals surface area contributed by atoms with Crippen molar-refractivity contribution < 1.29 is 0 Å². The van der Waals surface area contributed by atoms with Gasteiger partial charge in [-0.05, 0) is 19.3 Å². The fourth-order valence-corrected chi connectivity index (χ4v) is 1.29. The highest BCUT2D eigenvalue weighted by Gasteiger charge is 2.28. The van der Waals surface area contributed by atoms with Crippen LogP contribution in [0.1, 0.15) is 26.2 Å². The highest BCUT2D eigenvalue weighted by atomic mass is 14.8. The molecular formula is C8H16N2. The Kier molecular flexibility index (Phi) is 2.09. The SMILES string of the molecule is C/N=C/C(C)(N)CC1CC1. The molecule has 1 aliphatic carbocycles. The first-order chi connectivity index (χ1) is 4.64. The van der Waals surface area contributed by atoms with E-state index in [1.165, 1.54) is 12.8 Å². The van der Waals surface area contributed by atoms with Gasteiger partial charge in [-0.2, -0.15) is 0 Å². The van der Waals surface area contributed by atoms with Crippen molar-refractivity contribution in [1.29, 1.82) is 0 Å². The molecule has 2 nitrogen and oxygen atoms in total. The molecule has 2 N–H and O–H groups in total. The molecule has 0 saturated heterocycles. The summed E-state index contributed by atoms with van der Waals surface area (Å²) in [4.78, 5) is 3.94. The molecule has 0 aromatic rings. The van der Waals surface area contributed by atoms with Crippen LogP contribution >= 0.6 is 0 Å². The first kappa shape index (κ1) is 7.73. The molecule has 0 bridgehead atoms. The molecule has 0 spiro atoms. The van der Waals surface area contributed by atoms with Crippen LogP contribution in [-0.2, 0) is 0 Å². The van der Waals surface area contributed by atoms with Crippen LogP contribution in [0.4, 0.5) is 0 Å². The van der Waals surface area contributed by atoms with Gasteiger partial charge in [-0.1, -0.05) is 12.8 Å². The van der Waals surface area contributed by atoms with E-state index in [0.717, 1.165) is 12.3 Å². The third-order valence-electron chi connectivity index (χ3n) is 1.85. The van der Waals surface area contributed by atoms with Crippen LogP contribution in [0.2, 0.25) is 0 Å². The summed E-state index contributed by atoms with van der Waals surface area (Å²) >= 11 is 0. The summed E-state index contributed by atoms with van der Waals surface area (Å²) in [5, 5.41) is 0. The molecule has 1 atom stereocenters. The van der Waals surface area contributed by atoms with Gasteiger partial charge < -0.3 is 5.73 Å². The Morgan fingerprint density at radius 1 is 1.70 bits per heavy atom. The zero-order chi connectivity index (χ0) is 7.61. The highest BCUT2D eigenvalue weighted by Crippen LogP contribution is 2.35. The quantitative estimate of drug-likeness (QED) is 0.588. The molecule has 0 aromatic carbocycles. The second-order valence-corrected chi connectivity index (χ2v) is 3.54. The number of rotatable bonds is 3. The van der Waals surface area contributed by atoms with Crippen molar-refractivity contribution in [2.75, 3.05) is 7.05 Å². The number of nitrogens with two attached hydrogens (primary N) is 1. The molecule has 1 rings (SSSR count). The summed E-state index contributed by atoms with van der Waals surface area (Å²) in [7, 11) is 1.78. The van der Waals surface area contributed by atoms with Gasteiger partial charge in [-0.15, -0.1) is 0 Å². The molecule has 0 heterocycles. The molecular weight excluding hydrogens is 124 g/mol. The summed E-state index contributed by atoms with van der Waals surface area (Å²) < 4.78 is 0. The smallest absolute Gasteiger partial charge is 0.0483 e. The molecule has 1 aliphatic rings. The Labute approximate surface area is 62.5 Å². The van der Waals surface area contributed by atoms with Crippen LogP contribution < -0.4 is 5.73 Å². The largest absolute Gasteiger partial charge is 0.321 e. The van der Waals surface area contributed by atoms with Crippen molar-refractivity contribution in [2.45, 2.75) is 31.7 Å². The average molecular weight is 140 g/mol. The lowest BCUT2D eigenvalue weighted by atomic mass is 9.98. The van der Waals surface area contributed by atoms with Gasteiger partial charge in [0.05, 0.1) is 0 Å². The topological polar surface area (TPSA) is 38.4 Å². The lowest BCUT2D eigenvalue weighted by Crippen LogP contribution is -2.38. The molecule has 0 aliphatic heterocycles. The number of nitrogens with zero attached hydrogens (tertiary/aromatic N) is 1. The Morgan fingerprint density at radius 3 is 2.70 bits per heavy atom. The molecule has 0 aromatic heterocycles. The third-order valence-corrected chi connectivity index (χ3v) is 1.85. The fourth-order valence-electron chi connectivity index (χ4n) is 1.29. The van der Waals surface area contributed by atoms with E-state index >= 15 is 0 Å². The molecule has 58 valence electrons. The Balaban J connectivity index is 2.32. The van der Waals surface area contributed by atoms with E-state index in [9.17, 15) is 0 Å². The maximum absolute atomic E-state index is 5.92. The lowest BCUT2D eigenvalue weighted by Gasteiger charge is -2.18. The summed E-state index contributed by atoms with van der Waals surface area (Å²) in [5.41, 5.74) is 5.76. The van der Waals surface area contributed by atoms with Crippen molar-refractivity contribution in [3.63, 3.8) is 0 Å². The highest BCUT2D eigenvalue weighted by molar-refractivity contribution is 5.69. The summed E-state index contributed by atoms with van der Waals surface area (Å²) in [6.45, 7) is 2.04. The first-order valence-corrected chi connectivity index (χ1v) is 3.86. The van der Waals surface area contributed by atoms with Gasteiger partial charge in [0, 0.05) is 18.8 Å². The van der Waals surface area contributed by atoms with Crippen LogP contribution in [0, 0.1) is 5.92 Å². The van der Waals surface area contributed by atoms with Crippen LogP contribution in [0.3, 0.4) is 0 Å². The molecule has 1 unspecified atom stereocenters. The van der Waals surface area contributed by atoms with Crippen molar-refractivity contribution in [1.82, 2.24) is 0 Å². The summed E-state index contributed by atoms with van der Waals surface area (Å²) in [6, 6.07) is 0. The zero-order valence-electron chi connectivity index (χ0n) is 6.80. The van der Waals surface area contributed by atoms with Crippen LogP contribution in [0.15, 0.2) is 4.99 Å². The van der Waals surface area contributed by atoms with E-state index in [1.807, 2.05) is 13.1 Å². The maximum Gasteiger partial charge on any atom is 0.0483 e. The predicted molar refractivity (Wildman–Crippen MR) is 44.3 cm³/mol. The minimum absolute atomic E-state index is 0.157. The van der Waals surface area contributed by atoms with E-state index in [4.69, 9.17) is 5.73 Å². The Bertz CT molecular complexity index is 134.